The Morgan fingerprint density at radius 2 is 2.08 bits per heavy atom. The van der Waals surface area contributed by atoms with Gasteiger partial charge in [-0.15, -0.1) is 11.3 Å². The summed E-state index contributed by atoms with van der Waals surface area (Å²) in [6, 6.07) is 6.82. The number of amides is 1. The van der Waals surface area contributed by atoms with Crippen molar-refractivity contribution in [3.8, 4) is 0 Å². The van der Waals surface area contributed by atoms with Crippen LogP contribution < -0.4 is 5.32 Å². The normalized spacial score (nSPS) is 16.7. The molecule has 0 saturated carbocycles. The molecule has 9 heteroatoms. The van der Waals surface area contributed by atoms with Gasteiger partial charge in [0.25, 0.3) is 0 Å². The fourth-order valence-corrected chi connectivity index (χ4v) is 5.23. The molecular weight excluding hydrogens is 382 g/mol. The van der Waals surface area contributed by atoms with E-state index >= 15 is 0 Å². The first-order chi connectivity index (χ1) is 12.0. The molecule has 25 heavy (non-hydrogen) atoms. The monoisotopic (exact) mass is 399 g/mol. The topological polar surface area (TPSA) is 79.4 Å². The van der Waals surface area contributed by atoms with Crippen LogP contribution in [0.2, 0.25) is 4.34 Å². The zero-order valence-electron chi connectivity index (χ0n) is 13.4. The Bertz CT molecular complexity index is 831. The fraction of sp³-hybridized carbons (Fsp3) is 0.375. The Morgan fingerprint density at radius 3 is 2.68 bits per heavy atom. The van der Waals surface area contributed by atoms with Crippen molar-refractivity contribution in [1.82, 2.24) is 14.6 Å². The van der Waals surface area contributed by atoms with Gasteiger partial charge in [0.05, 0.1) is 10.9 Å². The summed E-state index contributed by atoms with van der Waals surface area (Å²) < 4.78 is 27.2. The molecule has 1 amide bonds. The summed E-state index contributed by atoms with van der Waals surface area (Å²) in [6.07, 6.45) is 3.91. The first-order valence-electron chi connectivity index (χ1n) is 7.89. The van der Waals surface area contributed by atoms with Crippen LogP contribution in [0.5, 0.6) is 0 Å². The maximum atomic E-state index is 12.6. The largest absolute Gasteiger partial charge is 0.351 e. The maximum Gasteiger partial charge on any atom is 0.244 e. The Kier molecular flexibility index (Phi) is 5.73. The van der Waals surface area contributed by atoms with Crippen LogP contribution in [0.25, 0.3) is 0 Å². The number of nitrogens with zero attached hydrogens (tertiary/aromatic N) is 2. The molecule has 0 atom stereocenters. The van der Waals surface area contributed by atoms with Gasteiger partial charge in [-0.3, -0.25) is 9.78 Å². The molecular formula is C16H18ClN3O3S2. The van der Waals surface area contributed by atoms with E-state index in [0.717, 1.165) is 4.88 Å². The Balaban J connectivity index is 1.54. The third-order valence-electron chi connectivity index (χ3n) is 4.16. The van der Waals surface area contributed by atoms with E-state index < -0.39 is 10.0 Å². The lowest BCUT2D eigenvalue weighted by Gasteiger charge is -2.30. The van der Waals surface area contributed by atoms with Crippen molar-refractivity contribution < 1.29 is 13.2 Å². The van der Waals surface area contributed by atoms with E-state index in [9.17, 15) is 13.2 Å². The van der Waals surface area contributed by atoms with Gasteiger partial charge in [-0.05, 0) is 37.1 Å². The summed E-state index contributed by atoms with van der Waals surface area (Å²) in [5.41, 5.74) is 0. The summed E-state index contributed by atoms with van der Waals surface area (Å²) in [4.78, 5) is 17.3. The highest BCUT2D eigenvalue weighted by molar-refractivity contribution is 7.89. The molecule has 0 aromatic carbocycles. The number of rotatable bonds is 5. The molecule has 2 aromatic rings. The van der Waals surface area contributed by atoms with Crippen LogP contribution in [0, 0.1) is 5.92 Å². The number of pyridine rings is 1. The second kappa shape index (κ2) is 7.82. The van der Waals surface area contributed by atoms with E-state index in [1.807, 2.05) is 6.07 Å². The third kappa shape index (κ3) is 4.38. The predicted molar refractivity (Wildman–Crippen MR) is 96.9 cm³/mol. The van der Waals surface area contributed by atoms with Crippen molar-refractivity contribution in [3.05, 3.63) is 45.9 Å². The van der Waals surface area contributed by atoms with Crippen LogP contribution >= 0.6 is 22.9 Å². The average Bonchev–Trinajstić information content (AvgIpc) is 3.06. The van der Waals surface area contributed by atoms with Gasteiger partial charge in [0, 0.05) is 36.3 Å². The van der Waals surface area contributed by atoms with Gasteiger partial charge < -0.3 is 5.32 Å². The summed E-state index contributed by atoms with van der Waals surface area (Å²) >= 11 is 7.31. The van der Waals surface area contributed by atoms with Crippen LogP contribution in [-0.4, -0.2) is 36.7 Å². The first kappa shape index (κ1) is 18.3. The zero-order chi connectivity index (χ0) is 17.9. The molecule has 134 valence electrons. The molecule has 0 unspecified atom stereocenters. The van der Waals surface area contributed by atoms with Crippen molar-refractivity contribution >= 4 is 38.9 Å². The molecule has 0 aliphatic carbocycles. The van der Waals surface area contributed by atoms with Crippen molar-refractivity contribution in [2.45, 2.75) is 24.3 Å². The van der Waals surface area contributed by atoms with Crippen molar-refractivity contribution in [3.63, 3.8) is 0 Å². The molecule has 1 saturated heterocycles. The molecule has 1 fully saturated rings. The van der Waals surface area contributed by atoms with E-state index in [1.54, 1.807) is 12.1 Å². The second-order valence-electron chi connectivity index (χ2n) is 5.79. The highest BCUT2D eigenvalue weighted by Crippen LogP contribution is 2.24. The fourth-order valence-electron chi connectivity index (χ4n) is 2.77. The van der Waals surface area contributed by atoms with Gasteiger partial charge in [-0.25, -0.2) is 8.42 Å². The summed E-state index contributed by atoms with van der Waals surface area (Å²) in [5.74, 6) is -0.210. The standard InChI is InChI=1S/C16H18ClN3O3S2/c17-15-4-3-13(24-15)10-19-16(21)12-5-8-20(9-6-12)25(22,23)14-2-1-7-18-11-14/h1-4,7,11-12H,5-6,8-10H2,(H,19,21). The smallest absolute Gasteiger partial charge is 0.244 e. The van der Waals surface area contributed by atoms with Crippen molar-refractivity contribution in [2.75, 3.05) is 13.1 Å². The van der Waals surface area contributed by atoms with Crippen LogP contribution in [0.3, 0.4) is 0 Å². The lowest BCUT2D eigenvalue weighted by Crippen LogP contribution is -2.42. The van der Waals surface area contributed by atoms with Gasteiger partial charge in [-0.1, -0.05) is 11.6 Å². The van der Waals surface area contributed by atoms with E-state index in [2.05, 4.69) is 10.3 Å². The van der Waals surface area contributed by atoms with E-state index in [1.165, 1.54) is 34.1 Å². The van der Waals surface area contributed by atoms with Crippen LogP contribution in [-0.2, 0) is 21.4 Å². The number of sulfonamides is 1. The summed E-state index contributed by atoms with van der Waals surface area (Å²) in [6.45, 7) is 1.12. The average molecular weight is 400 g/mol. The van der Waals surface area contributed by atoms with Gasteiger partial charge >= 0.3 is 0 Å². The molecule has 0 spiro atoms. The zero-order valence-corrected chi connectivity index (χ0v) is 15.8. The lowest BCUT2D eigenvalue weighted by atomic mass is 9.97. The number of hydrogen-bond acceptors (Lipinski definition) is 5. The van der Waals surface area contributed by atoms with Crippen molar-refractivity contribution in [2.24, 2.45) is 5.92 Å². The van der Waals surface area contributed by atoms with E-state index in [-0.39, 0.29) is 16.7 Å². The molecule has 1 aliphatic heterocycles. The SMILES string of the molecule is O=C(NCc1ccc(Cl)s1)C1CCN(S(=O)(=O)c2cccnc2)CC1. The Labute approximate surface area is 155 Å². The number of aromatic nitrogens is 1. The number of nitrogens with one attached hydrogen (secondary N) is 1. The number of hydrogen-bond donors (Lipinski definition) is 1. The highest BCUT2D eigenvalue weighted by Gasteiger charge is 2.32. The minimum absolute atomic E-state index is 0.0389. The van der Waals surface area contributed by atoms with Crippen LogP contribution in [0.15, 0.2) is 41.6 Å². The second-order valence-corrected chi connectivity index (χ2v) is 9.53. The number of piperidine rings is 1. The maximum absolute atomic E-state index is 12.6. The number of halogens is 1. The van der Waals surface area contributed by atoms with Gasteiger partial charge in [0.15, 0.2) is 0 Å². The minimum atomic E-state index is -3.54. The predicted octanol–water partition coefficient (Wildman–Crippen LogP) is 2.51. The summed E-state index contributed by atoms with van der Waals surface area (Å²) in [5, 5.41) is 2.90. The minimum Gasteiger partial charge on any atom is -0.351 e. The Morgan fingerprint density at radius 1 is 1.32 bits per heavy atom. The van der Waals surface area contributed by atoms with Crippen LogP contribution in [0.1, 0.15) is 17.7 Å². The van der Waals surface area contributed by atoms with E-state index in [4.69, 9.17) is 11.6 Å². The lowest BCUT2D eigenvalue weighted by molar-refractivity contribution is -0.126. The van der Waals surface area contributed by atoms with Gasteiger partial charge in [-0.2, -0.15) is 4.31 Å². The molecule has 3 rings (SSSR count). The van der Waals surface area contributed by atoms with Crippen LogP contribution in [0.4, 0.5) is 0 Å². The first-order valence-corrected chi connectivity index (χ1v) is 10.5. The van der Waals surface area contributed by atoms with Gasteiger partial charge in [0.2, 0.25) is 15.9 Å². The molecule has 6 nitrogen and oxygen atoms in total. The molecule has 1 aliphatic rings. The molecule has 1 N–H and O–H groups in total. The van der Waals surface area contributed by atoms with Crippen molar-refractivity contribution in [1.29, 1.82) is 0 Å². The summed E-state index contributed by atoms with van der Waals surface area (Å²) in [7, 11) is -3.54. The molecule has 0 radical (unpaired) electrons. The number of carbonyl (C=O) groups excluding carboxylic acids is 1. The molecule has 0 bridgehead atoms. The molecule has 3 heterocycles. The molecule has 2 aromatic heterocycles. The highest BCUT2D eigenvalue weighted by atomic mass is 35.5. The Hall–Kier alpha value is -1.48. The number of thiophene rings is 1. The van der Waals surface area contributed by atoms with Gasteiger partial charge in [0.1, 0.15) is 4.90 Å². The number of carbonyl (C=O) groups is 1. The third-order valence-corrected chi connectivity index (χ3v) is 7.28. The quantitative estimate of drug-likeness (QED) is 0.837. The van der Waals surface area contributed by atoms with E-state index in [0.29, 0.717) is 36.8 Å².